The highest BCUT2D eigenvalue weighted by molar-refractivity contribution is 7.66. The Labute approximate surface area is 185 Å². The fourth-order valence-electron chi connectivity index (χ4n) is 3.09. The third-order valence-electron chi connectivity index (χ3n) is 4.21. The van der Waals surface area contributed by atoms with E-state index in [4.69, 9.17) is 25.0 Å². The van der Waals surface area contributed by atoms with Crippen LogP contribution in [-0.2, 0) is 41.1 Å². The molecule has 2 unspecified atom stereocenters. The van der Waals surface area contributed by atoms with Gasteiger partial charge in [0, 0.05) is 19.0 Å². The van der Waals surface area contributed by atoms with Crippen molar-refractivity contribution in [3.05, 3.63) is 22.7 Å². The summed E-state index contributed by atoms with van der Waals surface area (Å²) in [5, 5.41) is 0. The molecule has 0 spiro atoms. The van der Waals surface area contributed by atoms with Gasteiger partial charge in [-0.15, -0.1) is 0 Å². The Morgan fingerprint density at radius 2 is 1.85 bits per heavy atom. The van der Waals surface area contributed by atoms with Crippen LogP contribution in [-0.4, -0.2) is 53.9 Å². The molecule has 1 saturated heterocycles. The van der Waals surface area contributed by atoms with E-state index in [1.165, 1.54) is 12.3 Å². The zero-order valence-electron chi connectivity index (χ0n) is 17.1. The van der Waals surface area contributed by atoms with E-state index in [9.17, 15) is 33.1 Å². The predicted molar refractivity (Wildman–Crippen MR) is 106 cm³/mol. The van der Waals surface area contributed by atoms with Crippen molar-refractivity contribution in [1.29, 1.82) is 0 Å². The fraction of sp³-hybridized carbons (Fsp3) is 0.615. The lowest BCUT2D eigenvalue weighted by Crippen LogP contribution is -2.36. The molecule has 17 nitrogen and oxygen atoms in total. The molecule has 0 bridgehead atoms. The molecular formula is C13H22N3O14P3. The summed E-state index contributed by atoms with van der Waals surface area (Å²) in [4.78, 5) is 63.4. The fourth-order valence-corrected chi connectivity index (χ4v) is 6.12. The molecule has 1 aromatic heterocycles. The zero-order chi connectivity index (χ0) is 25.2. The smallest absolute Gasteiger partial charge is 0.457 e. The van der Waals surface area contributed by atoms with Gasteiger partial charge in [0.05, 0.1) is 12.7 Å². The average Bonchev–Trinajstić information content (AvgIpc) is 2.93. The number of hydrogen-bond donors (Lipinski definition) is 5. The third kappa shape index (κ3) is 8.05. The van der Waals surface area contributed by atoms with Crippen LogP contribution >= 0.6 is 23.5 Å². The number of hydrogen-bond acceptors (Lipinski definition) is 12. The van der Waals surface area contributed by atoms with Crippen LogP contribution in [0.1, 0.15) is 26.5 Å². The van der Waals surface area contributed by atoms with Gasteiger partial charge in [-0.25, -0.2) is 18.5 Å². The topological polar surface area (TPSA) is 256 Å². The molecule has 0 radical (unpaired) electrons. The van der Waals surface area contributed by atoms with Crippen molar-refractivity contribution in [2.75, 3.05) is 12.3 Å². The molecule has 1 aliphatic rings. The van der Waals surface area contributed by atoms with Crippen molar-refractivity contribution in [2.24, 2.45) is 5.92 Å². The number of carbonyl (C=O) groups excluding carboxylic acids is 1. The second-order valence-corrected chi connectivity index (χ2v) is 11.1. The highest BCUT2D eigenvalue weighted by atomic mass is 31.3. The minimum atomic E-state index is -5.70. The molecule has 1 aliphatic heterocycles. The SMILES string of the molecule is CC[C@H]1[C@@H](OC(C)=O)[C@H](n2ccc(N)nc2=O)O[C@@H]1COP(=O)(O)OP(=O)(O)OP(=O)(O)O. The molecule has 2 heterocycles. The monoisotopic (exact) mass is 537 g/mol. The van der Waals surface area contributed by atoms with Crippen LogP contribution in [0.2, 0.25) is 0 Å². The standard InChI is InChI=1S/C13H22N3O14P3/c1-3-8-9(6-26-32(22,23)30-33(24,25)29-31(19,20)21)28-12(11(8)27-7(2)17)16-5-4-10(14)15-13(16)18/h4-5,8-9,11-12H,3,6H2,1-2H3,(H,22,23)(H,24,25)(H2,14,15,18)(H2,19,20,21)/t8-,9-,11-,12-/m1/s1. The molecule has 1 fully saturated rings. The van der Waals surface area contributed by atoms with E-state index in [0.29, 0.717) is 0 Å². The first-order valence-corrected chi connectivity index (χ1v) is 13.5. The first-order valence-electron chi connectivity index (χ1n) is 8.99. The van der Waals surface area contributed by atoms with Gasteiger partial charge < -0.3 is 34.8 Å². The summed E-state index contributed by atoms with van der Waals surface area (Å²) in [7, 11) is -16.7. The number of phosphoric ester groups is 1. The Balaban J connectivity index is 2.22. The first-order chi connectivity index (χ1) is 15.0. The molecule has 188 valence electrons. The van der Waals surface area contributed by atoms with E-state index in [1.807, 2.05) is 0 Å². The van der Waals surface area contributed by atoms with Crippen molar-refractivity contribution in [2.45, 2.75) is 38.7 Å². The lowest BCUT2D eigenvalue weighted by Gasteiger charge is -2.23. The van der Waals surface area contributed by atoms with Gasteiger partial charge in [0.15, 0.2) is 12.3 Å². The number of ether oxygens (including phenoxy) is 2. The Morgan fingerprint density at radius 1 is 1.21 bits per heavy atom. The molecule has 2 rings (SSSR count). The van der Waals surface area contributed by atoms with Crippen LogP contribution in [0.5, 0.6) is 0 Å². The van der Waals surface area contributed by atoms with E-state index in [2.05, 4.69) is 18.1 Å². The van der Waals surface area contributed by atoms with Crippen molar-refractivity contribution in [3.63, 3.8) is 0 Å². The summed E-state index contributed by atoms with van der Waals surface area (Å²) < 4.78 is 58.0. The Morgan fingerprint density at radius 3 is 2.36 bits per heavy atom. The summed E-state index contributed by atoms with van der Waals surface area (Å²) in [6.07, 6.45) is -1.91. The predicted octanol–water partition coefficient (Wildman–Crippen LogP) is 0.0241. The van der Waals surface area contributed by atoms with Crippen LogP contribution in [0.4, 0.5) is 5.82 Å². The lowest BCUT2D eigenvalue weighted by atomic mass is 9.95. The Kier molecular flexibility index (Phi) is 8.77. The second kappa shape index (κ2) is 10.4. The van der Waals surface area contributed by atoms with E-state index in [1.54, 1.807) is 6.92 Å². The summed E-state index contributed by atoms with van der Waals surface area (Å²) >= 11 is 0. The number of aromatic nitrogens is 2. The Hall–Kier alpha value is -1.48. The van der Waals surface area contributed by atoms with Crippen molar-refractivity contribution in [1.82, 2.24) is 9.55 Å². The van der Waals surface area contributed by atoms with Crippen molar-refractivity contribution >= 4 is 35.3 Å². The number of nitrogens with zero attached hydrogens (tertiary/aromatic N) is 2. The largest absolute Gasteiger partial charge is 0.490 e. The maximum absolute atomic E-state index is 12.2. The molecule has 0 aromatic carbocycles. The number of carbonyl (C=O) groups is 1. The molecule has 6 atom stereocenters. The highest BCUT2D eigenvalue weighted by Gasteiger charge is 2.49. The van der Waals surface area contributed by atoms with Crippen LogP contribution in [0, 0.1) is 5.92 Å². The van der Waals surface area contributed by atoms with E-state index in [0.717, 1.165) is 11.5 Å². The minimum Gasteiger partial charge on any atom is -0.457 e. The van der Waals surface area contributed by atoms with Gasteiger partial charge in [-0.2, -0.15) is 13.6 Å². The first kappa shape index (κ1) is 27.8. The molecule has 6 N–H and O–H groups in total. The number of nitrogens with two attached hydrogens (primary N) is 1. The maximum Gasteiger partial charge on any atom is 0.490 e. The number of esters is 1. The van der Waals surface area contributed by atoms with Gasteiger partial charge in [0.1, 0.15) is 5.82 Å². The molecule has 0 saturated carbocycles. The number of nitrogen functional groups attached to an aromatic ring is 1. The van der Waals surface area contributed by atoms with Gasteiger partial charge in [-0.05, 0) is 12.5 Å². The normalized spacial score (nSPS) is 27.0. The van der Waals surface area contributed by atoms with E-state index < -0.39 is 66.1 Å². The quantitative estimate of drug-likeness (QED) is 0.195. The summed E-state index contributed by atoms with van der Waals surface area (Å²) in [5.41, 5.74) is 4.63. The maximum atomic E-state index is 12.2. The third-order valence-corrected chi connectivity index (χ3v) is 8.01. The van der Waals surface area contributed by atoms with Gasteiger partial charge in [0.2, 0.25) is 0 Å². The van der Waals surface area contributed by atoms with Gasteiger partial charge >= 0.3 is 35.1 Å². The van der Waals surface area contributed by atoms with Crippen molar-refractivity contribution in [3.8, 4) is 0 Å². The van der Waals surface area contributed by atoms with Gasteiger partial charge in [0.25, 0.3) is 0 Å². The molecule has 0 aliphatic carbocycles. The summed E-state index contributed by atoms with van der Waals surface area (Å²) in [5.74, 6) is -1.48. The van der Waals surface area contributed by atoms with Crippen molar-refractivity contribution < 1.29 is 60.7 Å². The van der Waals surface area contributed by atoms with Crippen LogP contribution in [0.25, 0.3) is 0 Å². The molecule has 1 aromatic rings. The highest BCUT2D eigenvalue weighted by Crippen LogP contribution is 2.66. The van der Waals surface area contributed by atoms with E-state index >= 15 is 0 Å². The van der Waals surface area contributed by atoms with Crippen LogP contribution in [0.3, 0.4) is 0 Å². The van der Waals surface area contributed by atoms with E-state index in [-0.39, 0.29) is 12.2 Å². The lowest BCUT2D eigenvalue weighted by molar-refractivity contribution is -0.154. The average molecular weight is 537 g/mol. The van der Waals surface area contributed by atoms with Gasteiger partial charge in [-0.1, -0.05) is 6.92 Å². The molecule has 0 amide bonds. The summed E-state index contributed by atoms with van der Waals surface area (Å²) in [6.45, 7) is 2.00. The number of phosphoric acid groups is 3. The Bertz CT molecular complexity index is 1070. The molecule has 33 heavy (non-hydrogen) atoms. The van der Waals surface area contributed by atoms with Crippen LogP contribution in [0.15, 0.2) is 17.1 Å². The van der Waals surface area contributed by atoms with Crippen LogP contribution < -0.4 is 11.4 Å². The minimum absolute atomic E-state index is 0.0745. The number of rotatable bonds is 10. The molecular weight excluding hydrogens is 515 g/mol. The zero-order valence-corrected chi connectivity index (χ0v) is 19.7. The second-order valence-electron chi connectivity index (χ2n) is 6.64. The summed E-state index contributed by atoms with van der Waals surface area (Å²) in [6, 6.07) is 1.29. The van der Waals surface area contributed by atoms with Gasteiger partial charge in [-0.3, -0.25) is 13.9 Å². The molecule has 20 heteroatoms. The number of anilines is 1.